The molecule has 5 N–H and O–H groups in total. The van der Waals surface area contributed by atoms with Crippen molar-refractivity contribution in [3.05, 3.63) is 32.6 Å². The Kier molecular flexibility index (Phi) is 20.7. The molecule has 0 spiro atoms. The molecule has 13 nitrogen and oxygen atoms in total. The first kappa shape index (κ1) is 52.1. The fraction of sp³-hybridized carbons (Fsp3) is 0.706. The van der Waals surface area contributed by atoms with E-state index in [0.29, 0.717) is 9.75 Å². The van der Waals surface area contributed by atoms with Gasteiger partial charge in [0.1, 0.15) is 11.2 Å². The third-order valence-electron chi connectivity index (χ3n) is 6.68. The van der Waals surface area contributed by atoms with Crippen LogP contribution in [-0.2, 0) is 42.0 Å². The van der Waals surface area contributed by atoms with Crippen LogP contribution in [0.15, 0.2) is 32.7 Å². The van der Waals surface area contributed by atoms with Crippen LogP contribution in [0.2, 0.25) is 0 Å². The standard InChI is InChI=1S/C16H27ClN2O4S2.C16H28N2O5S2.2CH4/c1-15(2,3)13(19-14(20)23-16(4,5)6)10-18-25(21,22)12-7-8-24-11(12)9-17;1-15(2,3)13(18-14(20)23-16(4,5)6)9-17-25(21,22)12-7-8-24-11(12)10-19;;/h7-8,13,18H,9-10H2,1-6H3,(H,19,20);7-8,13,17,19H,9-10H2,1-6H3,(H,18,20);2*1H4/t2*13-;;/m11../s1. The van der Waals surface area contributed by atoms with Gasteiger partial charge in [0.25, 0.3) is 0 Å². The van der Waals surface area contributed by atoms with Crippen molar-refractivity contribution in [2.75, 3.05) is 13.1 Å². The third-order valence-corrected chi connectivity index (χ3v) is 12.2. The summed E-state index contributed by atoms with van der Waals surface area (Å²) in [4.78, 5) is 25.3. The number of alkyl carbamates (subject to hydrolysis) is 2. The molecule has 0 fully saturated rings. The molecule has 0 bridgehead atoms. The number of aliphatic hydroxyl groups is 1. The van der Waals surface area contributed by atoms with E-state index in [2.05, 4.69) is 20.1 Å². The van der Waals surface area contributed by atoms with Crippen LogP contribution in [0.4, 0.5) is 9.59 Å². The summed E-state index contributed by atoms with van der Waals surface area (Å²) in [7, 11) is -7.48. The summed E-state index contributed by atoms with van der Waals surface area (Å²) in [5.74, 6) is 0.132. The van der Waals surface area contributed by atoms with Crippen molar-refractivity contribution in [3.8, 4) is 0 Å². The summed E-state index contributed by atoms with van der Waals surface area (Å²) < 4.78 is 65.5. The number of ether oxygens (including phenoxy) is 2. The first-order chi connectivity index (χ1) is 22.5. The van der Waals surface area contributed by atoms with Crippen molar-refractivity contribution in [1.82, 2.24) is 20.1 Å². The van der Waals surface area contributed by atoms with Crippen molar-refractivity contribution in [2.24, 2.45) is 10.8 Å². The monoisotopic (exact) mass is 834 g/mol. The van der Waals surface area contributed by atoms with Gasteiger partial charge in [-0.15, -0.1) is 34.3 Å². The smallest absolute Gasteiger partial charge is 0.407 e. The van der Waals surface area contributed by atoms with Crippen molar-refractivity contribution in [1.29, 1.82) is 0 Å². The van der Waals surface area contributed by atoms with Gasteiger partial charge in [0.05, 0.1) is 34.4 Å². The predicted octanol–water partition coefficient (Wildman–Crippen LogP) is 7.43. The minimum Gasteiger partial charge on any atom is -0.444 e. The fourth-order valence-corrected chi connectivity index (χ4v) is 9.03. The Balaban J connectivity index is 0. The second-order valence-electron chi connectivity index (χ2n) is 15.5. The molecule has 18 heteroatoms. The number of amides is 2. The summed E-state index contributed by atoms with van der Waals surface area (Å²) in [5.41, 5.74) is -2.03. The number of sulfonamides is 2. The normalized spacial score (nSPS) is 13.7. The number of carbonyl (C=O) groups is 2. The second kappa shape index (κ2) is 20.6. The van der Waals surface area contributed by atoms with Gasteiger partial charge in [-0.1, -0.05) is 56.4 Å². The first-order valence-electron chi connectivity index (χ1n) is 15.8. The number of halogens is 1. The number of alkyl halides is 1. The number of hydrogen-bond donors (Lipinski definition) is 5. The van der Waals surface area contributed by atoms with Crippen LogP contribution in [0.1, 0.15) is 108 Å². The van der Waals surface area contributed by atoms with Gasteiger partial charge in [-0.3, -0.25) is 0 Å². The average Bonchev–Trinajstić information content (AvgIpc) is 3.61. The van der Waals surface area contributed by atoms with E-state index in [-0.39, 0.29) is 55.6 Å². The first-order valence-corrected chi connectivity index (χ1v) is 21.1. The number of rotatable bonds is 12. The van der Waals surface area contributed by atoms with Gasteiger partial charge in [0, 0.05) is 22.8 Å². The van der Waals surface area contributed by atoms with E-state index in [4.69, 9.17) is 21.1 Å². The molecule has 0 aliphatic carbocycles. The van der Waals surface area contributed by atoms with E-state index in [1.807, 2.05) is 41.5 Å². The van der Waals surface area contributed by atoms with E-state index in [1.54, 1.807) is 52.3 Å². The largest absolute Gasteiger partial charge is 0.444 e. The van der Waals surface area contributed by atoms with Crippen LogP contribution in [0.5, 0.6) is 0 Å². The number of thiophene rings is 2. The van der Waals surface area contributed by atoms with Crippen LogP contribution >= 0.6 is 34.3 Å². The van der Waals surface area contributed by atoms with Crippen molar-refractivity contribution < 1.29 is 41.0 Å². The number of carbonyl (C=O) groups excluding carboxylic acids is 2. The van der Waals surface area contributed by atoms with Gasteiger partial charge in [-0.25, -0.2) is 35.9 Å². The maximum absolute atomic E-state index is 12.5. The topological polar surface area (TPSA) is 189 Å². The lowest BCUT2D eigenvalue weighted by Crippen LogP contribution is -2.51. The molecule has 0 aromatic carbocycles. The lowest BCUT2D eigenvalue weighted by molar-refractivity contribution is 0.0456. The number of nitrogens with one attached hydrogen (secondary N) is 4. The van der Waals surface area contributed by atoms with Crippen molar-refractivity contribution in [3.63, 3.8) is 0 Å². The van der Waals surface area contributed by atoms with Gasteiger partial charge in [0.2, 0.25) is 20.0 Å². The van der Waals surface area contributed by atoms with Gasteiger partial charge >= 0.3 is 12.2 Å². The zero-order chi connectivity index (χ0) is 38.9. The van der Waals surface area contributed by atoms with Crippen LogP contribution in [0.25, 0.3) is 0 Å². The minimum absolute atomic E-state index is 0. The average molecular weight is 836 g/mol. The van der Waals surface area contributed by atoms with Crippen LogP contribution < -0.4 is 20.1 Å². The highest BCUT2D eigenvalue weighted by Crippen LogP contribution is 2.26. The highest BCUT2D eigenvalue weighted by molar-refractivity contribution is 7.90. The molecule has 2 atom stereocenters. The minimum atomic E-state index is -3.78. The molecule has 0 aliphatic heterocycles. The number of hydrogen-bond acceptors (Lipinski definition) is 11. The third kappa shape index (κ3) is 18.4. The van der Waals surface area contributed by atoms with Gasteiger partial charge in [-0.2, -0.15) is 0 Å². The van der Waals surface area contributed by atoms with E-state index in [9.17, 15) is 31.5 Å². The van der Waals surface area contributed by atoms with Crippen molar-refractivity contribution >= 4 is 66.5 Å². The van der Waals surface area contributed by atoms with Gasteiger partial charge in [0.15, 0.2) is 0 Å². The SMILES string of the molecule is C.C.CC(C)(C)OC(=O)N[C@H](CNS(=O)(=O)c1ccsc1CCl)C(C)(C)C.CC(C)(C)OC(=O)N[C@H](CNS(=O)(=O)c1ccsc1CO)C(C)(C)C. The summed E-state index contributed by atoms with van der Waals surface area (Å²) in [6, 6.07) is 2.05. The zero-order valence-corrected chi connectivity index (χ0v) is 35.0. The lowest BCUT2D eigenvalue weighted by atomic mass is 9.87. The molecule has 52 heavy (non-hydrogen) atoms. The summed E-state index contributed by atoms with van der Waals surface area (Å²) in [5, 5.41) is 18.0. The Hall–Kier alpha value is -1.99. The molecule has 2 rings (SSSR count). The molecule has 0 radical (unpaired) electrons. The van der Waals surface area contributed by atoms with E-state index in [0.717, 1.165) is 0 Å². The molecule has 2 aromatic heterocycles. The van der Waals surface area contributed by atoms with Crippen LogP contribution in [0, 0.1) is 10.8 Å². The highest BCUT2D eigenvalue weighted by atomic mass is 35.5. The van der Waals surface area contributed by atoms with Gasteiger partial charge in [-0.05, 0) is 75.3 Å². The van der Waals surface area contributed by atoms with E-state index in [1.165, 1.54) is 34.8 Å². The Morgan fingerprint density at radius 1 is 0.692 bits per heavy atom. The molecule has 0 aliphatic rings. The molecule has 0 unspecified atom stereocenters. The lowest BCUT2D eigenvalue weighted by Gasteiger charge is -2.32. The Morgan fingerprint density at radius 3 is 1.31 bits per heavy atom. The van der Waals surface area contributed by atoms with E-state index >= 15 is 0 Å². The molecular weight excluding hydrogens is 772 g/mol. The van der Waals surface area contributed by atoms with Crippen LogP contribution in [0.3, 0.4) is 0 Å². The quantitative estimate of drug-likeness (QED) is 0.135. The molecular formula is C34H63ClN4O9S4. The highest BCUT2D eigenvalue weighted by Gasteiger charge is 2.32. The molecule has 2 amide bonds. The summed E-state index contributed by atoms with van der Waals surface area (Å²) >= 11 is 8.26. The predicted molar refractivity (Wildman–Crippen MR) is 213 cm³/mol. The fourth-order valence-electron chi connectivity index (χ4n) is 3.94. The maximum Gasteiger partial charge on any atom is 0.407 e. The number of aliphatic hydroxyl groups excluding tert-OH is 1. The van der Waals surface area contributed by atoms with Crippen molar-refractivity contribution in [2.45, 2.75) is 144 Å². The Morgan fingerprint density at radius 2 is 1.02 bits per heavy atom. The maximum atomic E-state index is 12.5. The summed E-state index contributed by atoms with van der Waals surface area (Å²) in [6.45, 7) is 21.7. The molecule has 2 aromatic rings. The van der Waals surface area contributed by atoms with Crippen LogP contribution in [-0.4, -0.2) is 70.5 Å². The molecule has 0 saturated carbocycles. The molecule has 304 valence electrons. The summed E-state index contributed by atoms with van der Waals surface area (Å²) in [6.07, 6.45) is -1.18. The molecule has 0 saturated heterocycles. The Bertz CT molecular complexity index is 1490. The molecule has 2 heterocycles. The van der Waals surface area contributed by atoms with E-state index < -0.39 is 60.9 Å². The Labute approximate surface area is 326 Å². The second-order valence-corrected chi connectivity index (χ2v) is 21.3. The van der Waals surface area contributed by atoms with Gasteiger partial charge < -0.3 is 25.2 Å². The zero-order valence-electron chi connectivity index (χ0n) is 31.0.